The Balaban J connectivity index is 1.16. The summed E-state index contributed by atoms with van der Waals surface area (Å²) >= 11 is 0. The predicted molar refractivity (Wildman–Crippen MR) is 166 cm³/mol. The Morgan fingerprint density at radius 2 is 1.77 bits per heavy atom. The third-order valence-electron chi connectivity index (χ3n) is 9.48. The molecule has 0 radical (unpaired) electrons. The first kappa shape index (κ1) is 28.6. The van der Waals surface area contributed by atoms with Gasteiger partial charge in [-0.25, -0.2) is 23.1 Å². The number of likely N-dealkylation sites (tertiary alicyclic amines) is 1. The van der Waals surface area contributed by atoms with Crippen molar-refractivity contribution in [1.29, 1.82) is 0 Å². The fourth-order valence-corrected chi connectivity index (χ4v) is 7.05. The summed E-state index contributed by atoms with van der Waals surface area (Å²) in [5, 5.41) is 3.01. The monoisotopic (exact) mass is 599 g/mol. The fraction of sp³-hybridized carbons (Fsp3) is 0.371. The van der Waals surface area contributed by atoms with Gasteiger partial charge in [0.1, 0.15) is 18.1 Å². The molecule has 1 atom stereocenters. The Morgan fingerprint density at radius 1 is 0.932 bits per heavy atom. The number of piperidine rings is 1. The van der Waals surface area contributed by atoms with E-state index in [0.717, 1.165) is 51.4 Å². The lowest BCUT2D eigenvalue weighted by Crippen LogP contribution is -2.44. The average Bonchev–Trinajstić information content (AvgIpc) is 3.02. The van der Waals surface area contributed by atoms with Crippen LogP contribution in [0.1, 0.15) is 47.4 Å². The van der Waals surface area contributed by atoms with Gasteiger partial charge in [-0.05, 0) is 112 Å². The highest BCUT2D eigenvalue weighted by molar-refractivity contribution is 5.73. The van der Waals surface area contributed by atoms with E-state index in [1.54, 1.807) is 18.2 Å². The predicted octanol–water partition coefficient (Wildman–Crippen LogP) is 7.18. The van der Waals surface area contributed by atoms with E-state index in [4.69, 9.17) is 4.74 Å². The highest BCUT2D eigenvalue weighted by Gasteiger charge is 2.31. The van der Waals surface area contributed by atoms with Crippen LogP contribution >= 0.6 is 0 Å². The van der Waals surface area contributed by atoms with Gasteiger partial charge in [-0.15, -0.1) is 0 Å². The number of benzene rings is 3. The van der Waals surface area contributed by atoms with Crippen LogP contribution in [0.4, 0.5) is 30.5 Å². The molecule has 7 rings (SSSR count). The van der Waals surface area contributed by atoms with E-state index in [0.29, 0.717) is 30.1 Å². The first-order valence-electron chi connectivity index (χ1n) is 15.4. The summed E-state index contributed by atoms with van der Waals surface area (Å²) in [7, 11) is 2.08. The summed E-state index contributed by atoms with van der Waals surface area (Å²) in [4.78, 5) is 12.9. The third kappa shape index (κ3) is 5.49. The molecule has 2 aliphatic heterocycles. The molecule has 1 aromatic heterocycles. The number of hydrogen-bond donors (Lipinski definition) is 1. The van der Waals surface area contributed by atoms with Crippen molar-refractivity contribution >= 4 is 17.3 Å². The first-order valence-corrected chi connectivity index (χ1v) is 15.4. The standard InChI is InChI=1S/C35H36F3N5O/c1-21-4-3-5-22-6-8-26(19-28(21)22)43-14-15-44-34-30(37)16-24(17-32(34)43)33-31(38)20-39-35(41-33)40-25-7-9-27(29(36)18-25)23-10-12-42(2)13-11-23/h3-5,7,9,16-18,20,23,26H,6,8,10-15,19H2,1-2H3,(H,39,40,41). The number of halogens is 3. The van der Waals surface area contributed by atoms with Crippen LogP contribution in [0.3, 0.4) is 0 Å². The molecule has 4 aromatic rings. The molecule has 0 bridgehead atoms. The highest BCUT2D eigenvalue weighted by Crippen LogP contribution is 2.41. The molecular formula is C35H36F3N5O. The van der Waals surface area contributed by atoms with Crippen LogP contribution in [0.25, 0.3) is 11.3 Å². The number of hydrogen-bond acceptors (Lipinski definition) is 6. The Hall–Kier alpha value is -4.11. The van der Waals surface area contributed by atoms with Crippen LogP contribution < -0.4 is 15.0 Å². The van der Waals surface area contributed by atoms with E-state index in [2.05, 4.69) is 57.3 Å². The lowest BCUT2D eigenvalue weighted by molar-refractivity contribution is 0.253. The van der Waals surface area contributed by atoms with Crippen LogP contribution in [-0.4, -0.2) is 54.2 Å². The summed E-state index contributed by atoms with van der Waals surface area (Å²) in [6.45, 7) is 5.01. The number of rotatable bonds is 5. The van der Waals surface area contributed by atoms with Crippen molar-refractivity contribution < 1.29 is 17.9 Å². The number of ether oxygens (including phenoxy) is 1. The molecule has 1 saturated heterocycles. The van der Waals surface area contributed by atoms with Crippen molar-refractivity contribution in [3.63, 3.8) is 0 Å². The van der Waals surface area contributed by atoms with Gasteiger partial charge < -0.3 is 19.9 Å². The third-order valence-corrected chi connectivity index (χ3v) is 9.48. The Bertz CT molecular complexity index is 1700. The lowest BCUT2D eigenvalue weighted by atomic mass is 9.84. The second-order valence-electron chi connectivity index (χ2n) is 12.3. The Morgan fingerprint density at radius 3 is 2.59 bits per heavy atom. The molecule has 1 aliphatic carbocycles. The molecule has 3 heterocycles. The zero-order valence-corrected chi connectivity index (χ0v) is 25.0. The minimum atomic E-state index is -0.677. The second-order valence-corrected chi connectivity index (χ2v) is 12.3. The van der Waals surface area contributed by atoms with Gasteiger partial charge in [0.2, 0.25) is 5.95 Å². The van der Waals surface area contributed by atoms with Crippen LogP contribution in [0.2, 0.25) is 0 Å². The van der Waals surface area contributed by atoms with Gasteiger partial charge >= 0.3 is 0 Å². The van der Waals surface area contributed by atoms with Crippen molar-refractivity contribution in [2.75, 3.05) is 43.5 Å². The number of aryl methyl sites for hydroxylation is 2. The number of aromatic nitrogens is 2. The van der Waals surface area contributed by atoms with Gasteiger partial charge in [0.25, 0.3) is 0 Å². The molecule has 1 N–H and O–H groups in total. The molecule has 6 nitrogen and oxygen atoms in total. The molecule has 0 amide bonds. The number of nitrogens with one attached hydrogen (secondary N) is 1. The van der Waals surface area contributed by atoms with Gasteiger partial charge in [-0.2, -0.15) is 0 Å². The summed E-state index contributed by atoms with van der Waals surface area (Å²) in [5.41, 5.74) is 6.00. The molecule has 44 heavy (non-hydrogen) atoms. The molecule has 1 unspecified atom stereocenters. The summed E-state index contributed by atoms with van der Waals surface area (Å²) in [6, 6.07) is 14.6. The van der Waals surface area contributed by atoms with E-state index in [-0.39, 0.29) is 40.7 Å². The Kier molecular flexibility index (Phi) is 7.66. The van der Waals surface area contributed by atoms with E-state index >= 15 is 13.2 Å². The van der Waals surface area contributed by atoms with Crippen LogP contribution in [-0.2, 0) is 12.8 Å². The van der Waals surface area contributed by atoms with E-state index in [1.807, 2.05) is 0 Å². The number of nitrogens with zero attached hydrogens (tertiary/aromatic N) is 4. The van der Waals surface area contributed by atoms with E-state index in [1.165, 1.54) is 28.8 Å². The zero-order chi connectivity index (χ0) is 30.4. The van der Waals surface area contributed by atoms with Gasteiger partial charge in [0.05, 0.1) is 18.4 Å². The topological polar surface area (TPSA) is 53.5 Å². The highest BCUT2D eigenvalue weighted by atomic mass is 19.1. The van der Waals surface area contributed by atoms with Gasteiger partial charge in [0.15, 0.2) is 17.4 Å². The lowest BCUT2D eigenvalue weighted by Gasteiger charge is -2.40. The molecule has 228 valence electrons. The molecule has 0 spiro atoms. The molecular weight excluding hydrogens is 563 g/mol. The van der Waals surface area contributed by atoms with E-state index in [9.17, 15) is 0 Å². The number of fused-ring (bicyclic) bond motifs is 2. The van der Waals surface area contributed by atoms with Crippen LogP contribution in [0.5, 0.6) is 5.75 Å². The second kappa shape index (κ2) is 11.8. The largest absolute Gasteiger partial charge is 0.486 e. The van der Waals surface area contributed by atoms with Crippen molar-refractivity contribution in [1.82, 2.24) is 14.9 Å². The van der Waals surface area contributed by atoms with Gasteiger partial charge in [-0.1, -0.05) is 24.3 Å². The number of anilines is 3. The molecule has 1 fully saturated rings. The fourth-order valence-electron chi connectivity index (χ4n) is 7.05. The smallest absolute Gasteiger partial charge is 0.227 e. The quantitative estimate of drug-likeness (QED) is 0.262. The van der Waals surface area contributed by atoms with Crippen molar-refractivity contribution in [2.45, 2.75) is 51.0 Å². The average molecular weight is 600 g/mol. The maximum Gasteiger partial charge on any atom is 0.227 e. The summed E-state index contributed by atoms with van der Waals surface area (Å²) in [5.74, 6) is -1.06. The van der Waals surface area contributed by atoms with Crippen molar-refractivity contribution in [3.05, 3.63) is 94.4 Å². The van der Waals surface area contributed by atoms with Crippen molar-refractivity contribution in [2.24, 2.45) is 0 Å². The molecule has 9 heteroatoms. The maximum atomic E-state index is 15.5. The molecule has 3 aliphatic rings. The maximum absolute atomic E-state index is 15.5. The van der Waals surface area contributed by atoms with Gasteiger partial charge in [0, 0.05) is 17.3 Å². The van der Waals surface area contributed by atoms with E-state index < -0.39 is 11.6 Å². The van der Waals surface area contributed by atoms with Crippen LogP contribution in [0.15, 0.2) is 54.7 Å². The molecule has 0 saturated carbocycles. The normalized spacial score (nSPS) is 18.8. The van der Waals surface area contributed by atoms with Crippen molar-refractivity contribution in [3.8, 4) is 17.0 Å². The Labute approximate surface area is 255 Å². The van der Waals surface area contributed by atoms with Gasteiger partial charge in [-0.3, -0.25) is 0 Å². The first-order chi connectivity index (χ1) is 21.3. The summed E-state index contributed by atoms with van der Waals surface area (Å²) in [6.07, 6.45) is 5.63. The minimum Gasteiger partial charge on any atom is -0.486 e. The SMILES string of the molecule is Cc1cccc2c1CC(N1CCOc3c(F)cc(-c4nc(Nc5ccc(C6CCN(C)CC6)c(F)c5)ncc4F)cc31)CC2. The van der Waals surface area contributed by atoms with Crippen LogP contribution in [0, 0.1) is 24.4 Å². The minimum absolute atomic E-state index is 0.0389. The molecule has 3 aromatic carbocycles. The summed E-state index contributed by atoms with van der Waals surface area (Å²) < 4.78 is 51.6. The zero-order valence-electron chi connectivity index (χ0n) is 25.0.